The summed E-state index contributed by atoms with van der Waals surface area (Å²) in [6.07, 6.45) is 2.39. The van der Waals surface area contributed by atoms with E-state index in [0.717, 1.165) is 24.8 Å². The standard InChI is InChI=1S/C15H18N4OS/c1-11-6-8-19(9-7-11)14-5-4-13(17-18-14)16-15(20)12-3-2-10-21-12/h2-5,10-11H,6-9H2,1H3,(H,16,17,20). The van der Waals surface area contributed by atoms with E-state index in [0.29, 0.717) is 10.7 Å². The van der Waals surface area contributed by atoms with E-state index in [1.807, 2.05) is 23.6 Å². The number of amides is 1. The average Bonchev–Trinajstić information content (AvgIpc) is 3.03. The Balaban J connectivity index is 1.63. The Morgan fingerprint density at radius 1 is 1.29 bits per heavy atom. The van der Waals surface area contributed by atoms with Crippen molar-refractivity contribution in [3.05, 3.63) is 34.5 Å². The van der Waals surface area contributed by atoms with E-state index in [-0.39, 0.29) is 5.91 Å². The van der Waals surface area contributed by atoms with Gasteiger partial charge in [0.1, 0.15) is 0 Å². The molecule has 0 radical (unpaired) electrons. The largest absolute Gasteiger partial charge is 0.355 e. The molecule has 1 aliphatic rings. The van der Waals surface area contributed by atoms with E-state index in [9.17, 15) is 4.79 Å². The molecule has 3 heterocycles. The topological polar surface area (TPSA) is 58.1 Å². The minimum absolute atomic E-state index is 0.140. The maximum Gasteiger partial charge on any atom is 0.266 e. The number of nitrogens with one attached hydrogen (secondary N) is 1. The van der Waals surface area contributed by atoms with Crippen LogP contribution in [0.2, 0.25) is 0 Å². The zero-order valence-electron chi connectivity index (χ0n) is 12.0. The second-order valence-electron chi connectivity index (χ2n) is 5.38. The molecular weight excluding hydrogens is 284 g/mol. The van der Waals surface area contributed by atoms with Crippen LogP contribution in [-0.2, 0) is 0 Å². The summed E-state index contributed by atoms with van der Waals surface area (Å²) in [5, 5.41) is 13.0. The highest BCUT2D eigenvalue weighted by atomic mass is 32.1. The summed E-state index contributed by atoms with van der Waals surface area (Å²) in [4.78, 5) is 14.8. The van der Waals surface area contributed by atoms with Gasteiger partial charge in [-0.05, 0) is 42.3 Å². The van der Waals surface area contributed by atoms with Crippen LogP contribution in [0.3, 0.4) is 0 Å². The Labute approximate surface area is 128 Å². The summed E-state index contributed by atoms with van der Waals surface area (Å²) in [5.74, 6) is 2.02. The zero-order chi connectivity index (χ0) is 14.7. The lowest BCUT2D eigenvalue weighted by molar-refractivity contribution is 0.103. The van der Waals surface area contributed by atoms with Gasteiger partial charge in [0, 0.05) is 13.1 Å². The molecule has 0 spiro atoms. The predicted molar refractivity (Wildman–Crippen MR) is 84.9 cm³/mol. The first-order valence-corrected chi connectivity index (χ1v) is 8.04. The molecule has 0 unspecified atom stereocenters. The number of piperidine rings is 1. The first-order chi connectivity index (χ1) is 10.2. The quantitative estimate of drug-likeness (QED) is 0.947. The third-order valence-electron chi connectivity index (χ3n) is 3.74. The molecule has 5 nitrogen and oxygen atoms in total. The Morgan fingerprint density at radius 3 is 2.71 bits per heavy atom. The van der Waals surface area contributed by atoms with Crippen LogP contribution in [0.15, 0.2) is 29.6 Å². The maximum absolute atomic E-state index is 11.9. The normalized spacial score (nSPS) is 16.0. The zero-order valence-corrected chi connectivity index (χ0v) is 12.8. The van der Waals surface area contributed by atoms with Gasteiger partial charge >= 0.3 is 0 Å². The van der Waals surface area contributed by atoms with Crippen LogP contribution in [0.4, 0.5) is 11.6 Å². The van der Waals surface area contributed by atoms with Crippen LogP contribution in [0.5, 0.6) is 0 Å². The molecule has 0 aliphatic carbocycles. The maximum atomic E-state index is 11.9. The minimum Gasteiger partial charge on any atom is -0.355 e. The Morgan fingerprint density at radius 2 is 2.10 bits per heavy atom. The summed E-state index contributed by atoms with van der Waals surface area (Å²) < 4.78 is 0. The molecule has 6 heteroatoms. The molecule has 0 aromatic carbocycles. The van der Waals surface area contributed by atoms with Crippen LogP contribution in [0.25, 0.3) is 0 Å². The van der Waals surface area contributed by atoms with Crippen LogP contribution in [0, 0.1) is 5.92 Å². The van der Waals surface area contributed by atoms with Crippen LogP contribution >= 0.6 is 11.3 Å². The van der Waals surface area contributed by atoms with Gasteiger partial charge in [0.2, 0.25) is 0 Å². The second kappa shape index (κ2) is 6.22. The van der Waals surface area contributed by atoms with Gasteiger partial charge in [-0.25, -0.2) is 0 Å². The van der Waals surface area contributed by atoms with Gasteiger partial charge in [0.25, 0.3) is 5.91 Å². The fourth-order valence-electron chi connectivity index (χ4n) is 2.38. The predicted octanol–water partition coefficient (Wildman–Crippen LogP) is 3.03. The van der Waals surface area contributed by atoms with Crippen molar-refractivity contribution in [2.45, 2.75) is 19.8 Å². The summed E-state index contributed by atoms with van der Waals surface area (Å²) in [6, 6.07) is 7.38. The van der Waals surface area contributed by atoms with E-state index >= 15 is 0 Å². The number of thiophene rings is 1. The number of hydrogen-bond acceptors (Lipinski definition) is 5. The van der Waals surface area contributed by atoms with Crippen molar-refractivity contribution < 1.29 is 4.79 Å². The van der Waals surface area contributed by atoms with Gasteiger partial charge < -0.3 is 10.2 Å². The van der Waals surface area contributed by atoms with Gasteiger partial charge in [-0.3, -0.25) is 4.79 Å². The molecule has 110 valence electrons. The van der Waals surface area contributed by atoms with Crippen molar-refractivity contribution in [2.75, 3.05) is 23.3 Å². The van der Waals surface area contributed by atoms with Gasteiger partial charge in [0.15, 0.2) is 11.6 Å². The third-order valence-corrected chi connectivity index (χ3v) is 4.61. The van der Waals surface area contributed by atoms with Crippen LogP contribution in [-0.4, -0.2) is 29.2 Å². The highest BCUT2D eigenvalue weighted by Gasteiger charge is 2.17. The highest BCUT2D eigenvalue weighted by molar-refractivity contribution is 7.12. The lowest BCUT2D eigenvalue weighted by atomic mass is 9.99. The molecule has 1 aliphatic heterocycles. The van der Waals surface area contributed by atoms with E-state index in [2.05, 4.69) is 27.3 Å². The smallest absolute Gasteiger partial charge is 0.266 e. The van der Waals surface area contributed by atoms with Crippen LogP contribution < -0.4 is 10.2 Å². The van der Waals surface area contributed by atoms with E-state index in [1.54, 1.807) is 6.07 Å². The molecule has 1 saturated heterocycles. The fourth-order valence-corrected chi connectivity index (χ4v) is 3.00. The third kappa shape index (κ3) is 3.39. The van der Waals surface area contributed by atoms with Gasteiger partial charge in [-0.15, -0.1) is 21.5 Å². The number of rotatable bonds is 3. The lowest BCUT2D eigenvalue weighted by Gasteiger charge is -2.30. The summed E-state index contributed by atoms with van der Waals surface area (Å²) in [5.41, 5.74) is 0. The second-order valence-corrected chi connectivity index (χ2v) is 6.33. The molecule has 1 fully saturated rings. The van der Waals surface area contributed by atoms with Crippen molar-refractivity contribution in [3.63, 3.8) is 0 Å². The number of aromatic nitrogens is 2. The first kappa shape index (κ1) is 14.0. The molecule has 0 bridgehead atoms. The van der Waals surface area contributed by atoms with Crippen molar-refractivity contribution in [1.82, 2.24) is 10.2 Å². The monoisotopic (exact) mass is 302 g/mol. The molecular formula is C15H18N4OS. The molecule has 3 rings (SSSR count). The van der Waals surface area contributed by atoms with E-state index in [1.165, 1.54) is 24.2 Å². The summed E-state index contributed by atoms with van der Waals surface area (Å²) >= 11 is 1.41. The van der Waals surface area contributed by atoms with Gasteiger partial charge in [-0.2, -0.15) is 0 Å². The number of nitrogens with zero attached hydrogens (tertiary/aromatic N) is 3. The summed E-state index contributed by atoms with van der Waals surface area (Å²) in [6.45, 7) is 4.33. The number of carbonyl (C=O) groups excluding carboxylic acids is 1. The lowest BCUT2D eigenvalue weighted by Crippen LogP contribution is -2.33. The fraction of sp³-hybridized carbons (Fsp3) is 0.400. The summed E-state index contributed by atoms with van der Waals surface area (Å²) in [7, 11) is 0. The molecule has 1 amide bonds. The molecule has 0 atom stereocenters. The van der Waals surface area contributed by atoms with Crippen molar-refractivity contribution >= 4 is 28.9 Å². The Kier molecular flexibility index (Phi) is 4.15. The van der Waals surface area contributed by atoms with E-state index < -0.39 is 0 Å². The Bertz CT molecular complexity index is 589. The molecule has 2 aromatic heterocycles. The van der Waals surface area contributed by atoms with Gasteiger partial charge in [-0.1, -0.05) is 13.0 Å². The van der Waals surface area contributed by atoms with Crippen molar-refractivity contribution in [3.8, 4) is 0 Å². The van der Waals surface area contributed by atoms with Crippen molar-refractivity contribution in [2.24, 2.45) is 5.92 Å². The number of anilines is 2. The average molecular weight is 302 g/mol. The number of hydrogen-bond donors (Lipinski definition) is 1. The van der Waals surface area contributed by atoms with Crippen LogP contribution in [0.1, 0.15) is 29.4 Å². The highest BCUT2D eigenvalue weighted by Crippen LogP contribution is 2.21. The van der Waals surface area contributed by atoms with Gasteiger partial charge in [0.05, 0.1) is 4.88 Å². The van der Waals surface area contributed by atoms with Crippen molar-refractivity contribution in [1.29, 1.82) is 0 Å². The SMILES string of the molecule is CC1CCN(c2ccc(NC(=O)c3cccs3)nn2)CC1. The number of carbonyl (C=O) groups is 1. The Hall–Kier alpha value is -1.95. The first-order valence-electron chi connectivity index (χ1n) is 7.16. The van der Waals surface area contributed by atoms with E-state index in [4.69, 9.17) is 0 Å². The minimum atomic E-state index is -0.140. The molecule has 2 aromatic rings. The molecule has 21 heavy (non-hydrogen) atoms. The molecule has 1 N–H and O–H groups in total. The molecule has 0 saturated carbocycles.